The smallest absolute Gasteiger partial charge is 0.236 e. The van der Waals surface area contributed by atoms with E-state index < -0.39 is 0 Å². The van der Waals surface area contributed by atoms with Crippen molar-refractivity contribution in [2.75, 3.05) is 0 Å². The first kappa shape index (κ1) is 14.9. The number of hydrogen-bond donors (Lipinski definition) is 0. The van der Waals surface area contributed by atoms with E-state index in [0.29, 0.717) is 0 Å². The van der Waals surface area contributed by atoms with E-state index in [2.05, 4.69) is 20.8 Å². The second-order valence-corrected chi connectivity index (χ2v) is 7.10. The van der Waals surface area contributed by atoms with Crippen molar-refractivity contribution in [3.8, 4) is 0 Å². The molecule has 0 aromatic rings. The minimum Gasteiger partial charge on any atom is -0.274 e. The molecule has 0 aromatic carbocycles. The van der Waals surface area contributed by atoms with Crippen LogP contribution in [0.15, 0.2) is 0 Å². The second kappa shape index (κ2) is 4.82. The maximum atomic E-state index is 12.1. The summed E-state index contributed by atoms with van der Waals surface area (Å²) in [4.78, 5) is 35.9. The van der Waals surface area contributed by atoms with Crippen LogP contribution in [0.25, 0.3) is 0 Å². The molecule has 0 radical (unpaired) electrons. The average molecular weight is 253 g/mol. The summed E-state index contributed by atoms with van der Waals surface area (Å²) in [5.41, 5.74) is -0.0959. The van der Waals surface area contributed by atoms with Gasteiger partial charge in [-0.25, -0.2) is 4.90 Å². The van der Waals surface area contributed by atoms with Gasteiger partial charge < -0.3 is 0 Å². The second-order valence-electron chi connectivity index (χ2n) is 7.10. The van der Waals surface area contributed by atoms with E-state index in [1.54, 1.807) is 0 Å². The molecular formula is C14H23NO3. The first-order valence-corrected chi connectivity index (χ1v) is 6.40. The predicted octanol–water partition coefficient (Wildman–Crippen LogP) is 2.51. The first-order valence-electron chi connectivity index (χ1n) is 6.40. The lowest BCUT2D eigenvalue weighted by atomic mass is 9.74. The zero-order valence-electron chi connectivity index (χ0n) is 12.0. The van der Waals surface area contributed by atoms with E-state index in [4.69, 9.17) is 0 Å². The predicted molar refractivity (Wildman–Crippen MR) is 68.6 cm³/mol. The van der Waals surface area contributed by atoms with Crippen LogP contribution in [0.3, 0.4) is 0 Å². The quantitative estimate of drug-likeness (QED) is 0.726. The Morgan fingerprint density at radius 3 is 1.89 bits per heavy atom. The van der Waals surface area contributed by atoms with Gasteiger partial charge in [0.05, 0.1) is 0 Å². The molecule has 18 heavy (non-hydrogen) atoms. The Bertz CT molecular complexity index is 361. The van der Waals surface area contributed by atoms with Crippen LogP contribution in [0.5, 0.6) is 0 Å². The molecule has 1 rings (SSSR count). The highest BCUT2D eigenvalue weighted by molar-refractivity contribution is 6.15. The summed E-state index contributed by atoms with van der Waals surface area (Å²) >= 11 is 0. The molecule has 0 unspecified atom stereocenters. The molecule has 1 fully saturated rings. The zero-order valence-corrected chi connectivity index (χ0v) is 12.0. The molecule has 0 aromatic heterocycles. The van der Waals surface area contributed by atoms with E-state index in [1.807, 2.05) is 13.8 Å². The normalized spacial score (nSPS) is 17.5. The molecule has 0 aliphatic carbocycles. The van der Waals surface area contributed by atoms with Crippen molar-refractivity contribution in [2.45, 2.75) is 60.3 Å². The van der Waals surface area contributed by atoms with Gasteiger partial charge in [0.25, 0.3) is 0 Å². The van der Waals surface area contributed by atoms with E-state index in [-0.39, 0.29) is 47.8 Å². The highest BCUT2D eigenvalue weighted by Crippen LogP contribution is 2.36. The summed E-state index contributed by atoms with van der Waals surface area (Å²) in [6, 6.07) is 0. The number of carbonyl (C=O) groups excluding carboxylic acids is 3. The fourth-order valence-corrected chi connectivity index (χ4v) is 2.84. The molecule has 0 bridgehead atoms. The number of likely N-dealkylation sites (tertiary alicyclic amines) is 1. The molecule has 4 heteroatoms. The molecule has 4 nitrogen and oxygen atoms in total. The van der Waals surface area contributed by atoms with Gasteiger partial charge in [-0.2, -0.15) is 0 Å². The summed E-state index contributed by atoms with van der Waals surface area (Å²) in [6.07, 6.45) is 1.44. The van der Waals surface area contributed by atoms with Crippen LogP contribution in [0, 0.1) is 10.8 Å². The standard InChI is InChI=1S/C14H23NO3/c1-13(2,3)9-14(4,5)8-12(18)15-10(16)6-7-11(15)17/h6-9H2,1-5H3. The summed E-state index contributed by atoms with van der Waals surface area (Å²) < 4.78 is 0. The monoisotopic (exact) mass is 253 g/mol. The number of imide groups is 3. The van der Waals surface area contributed by atoms with Gasteiger partial charge in [-0.05, 0) is 17.3 Å². The highest BCUT2D eigenvalue weighted by Gasteiger charge is 2.37. The van der Waals surface area contributed by atoms with Crippen LogP contribution in [0.2, 0.25) is 0 Å². The average Bonchev–Trinajstić information content (AvgIpc) is 2.40. The van der Waals surface area contributed by atoms with Gasteiger partial charge in [0.2, 0.25) is 17.7 Å². The number of rotatable bonds is 3. The van der Waals surface area contributed by atoms with Crippen molar-refractivity contribution in [1.29, 1.82) is 0 Å². The first-order chi connectivity index (χ1) is 8.02. The van der Waals surface area contributed by atoms with Crippen LogP contribution in [0.1, 0.15) is 60.3 Å². The van der Waals surface area contributed by atoms with Crippen molar-refractivity contribution < 1.29 is 14.4 Å². The molecule has 1 heterocycles. The lowest BCUT2D eigenvalue weighted by Gasteiger charge is -2.32. The third-order valence-electron chi connectivity index (χ3n) is 2.94. The van der Waals surface area contributed by atoms with Gasteiger partial charge in [-0.1, -0.05) is 34.6 Å². The molecule has 0 N–H and O–H groups in total. The van der Waals surface area contributed by atoms with Gasteiger partial charge in [0.15, 0.2) is 0 Å². The maximum absolute atomic E-state index is 12.1. The summed E-state index contributed by atoms with van der Waals surface area (Å²) in [5, 5.41) is 0. The van der Waals surface area contributed by atoms with Gasteiger partial charge in [0, 0.05) is 19.3 Å². The van der Waals surface area contributed by atoms with Crippen LogP contribution in [0.4, 0.5) is 0 Å². The molecule has 0 atom stereocenters. The van der Waals surface area contributed by atoms with Crippen molar-refractivity contribution in [3.05, 3.63) is 0 Å². The van der Waals surface area contributed by atoms with Crippen LogP contribution >= 0.6 is 0 Å². The van der Waals surface area contributed by atoms with Gasteiger partial charge >= 0.3 is 0 Å². The number of nitrogens with zero attached hydrogens (tertiary/aromatic N) is 1. The lowest BCUT2D eigenvalue weighted by Crippen LogP contribution is -2.38. The van der Waals surface area contributed by atoms with Gasteiger partial charge in [-0.15, -0.1) is 0 Å². The largest absolute Gasteiger partial charge is 0.274 e. The molecular weight excluding hydrogens is 230 g/mol. The summed E-state index contributed by atoms with van der Waals surface area (Å²) in [5.74, 6) is -1.05. The Balaban J connectivity index is 2.69. The van der Waals surface area contributed by atoms with Gasteiger partial charge in [0.1, 0.15) is 0 Å². The van der Waals surface area contributed by atoms with Crippen molar-refractivity contribution in [2.24, 2.45) is 10.8 Å². The molecule has 1 aliphatic heterocycles. The van der Waals surface area contributed by atoms with Crippen LogP contribution < -0.4 is 0 Å². The Hall–Kier alpha value is -1.19. The third kappa shape index (κ3) is 3.93. The Morgan fingerprint density at radius 2 is 1.50 bits per heavy atom. The highest BCUT2D eigenvalue weighted by atomic mass is 16.2. The maximum Gasteiger partial charge on any atom is 0.236 e. The van der Waals surface area contributed by atoms with Crippen molar-refractivity contribution >= 4 is 17.7 Å². The van der Waals surface area contributed by atoms with E-state index >= 15 is 0 Å². The van der Waals surface area contributed by atoms with Crippen LogP contribution in [-0.4, -0.2) is 22.6 Å². The SMILES string of the molecule is CC(C)(C)CC(C)(C)CC(=O)N1C(=O)CCC1=O. The molecule has 3 amide bonds. The molecule has 0 spiro atoms. The number of amides is 3. The van der Waals surface area contributed by atoms with E-state index in [9.17, 15) is 14.4 Å². The summed E-state index contributed by atoms with van der Waals surface area (Å²) in [6.45, 7) is 10.4. The molecule has 102 valence electrons. The third-order valence-corrected chi connectivity index (χ3v) is 2.94. The number of hydrogen-bond acceptors (Lipinski definition) is 3. The fraction of sp³-hybridized carbons (Fsp3) is 0.786. The minimum atomic E-state index is -0.350. The molecule has 0 saturated carbocycles. The topological polar surface area (TPSA) is 54.5 Å². The Labute approximate surface area is 109 Å². The zero-order chi connectivity index (χ0) is 14.1. The summed E-state index contributed by atoms with van der Waals surface area (Å²) in [7, 11) is 0. The molecule has 1 saturated heterocycles. The van der Waals surface area contributed by atoms with Gasteiger partial charge in [-0.3, -0.25) is 14.4 Å². The molecule has 1 aliphatic rings. The van der Waals surface area contributed by atoms with Crippen molar-refractivity contribution in [1.82, 2.24) is 4.90 Å². The number of carbonyl (C=O) groups is 3. The fourth-order valence-electron chi connectivity index (χ4n) is 2.84. The minimum absolute atomic E-state index is 0.114. The van der Waals surface area contributed by atoms with Crippen molar-refractivity contribution in [3.63, 3.8) is 0 Å². The lowest BCUT2D eigenvalue weighted by molar-refractivity contribution is -0.150. The Morgan fingerprint density at radius 1 is 1.06 bits per heavy atom. The van der Waals surface area contributed by atoms with Crippen LogP contribution in [-0.2, 0) is 14.4 Å². The van der Waals surface area contributed by atoms with E-state index in [1.165, 1.54) is 0 Å². The Kier molecular flexibility index (Phi) is 3.99. The van der Waals surface area contributed by atoms with E-state index in [0.717, 1.165) is 11.3 Å².